The molecule has 0 aromatic rings. The Kier molecular flexibility index (Phi) is 4.51. The van der Waals surface area contributed by atoms with Gasteiger partial charge >= 0.3 is 5.97 Å². The molecule has 0 N–H and O–H groups in total. The molecule has 0 saturated heterocycles. The summed E-state index contributed by atoms with van der Waals surface area (Å²) in [6.07, 6.45) is 6.11. The maximum Gasteiger partial charge on any atom is 0.349 e. The predicted octanol–water partition coefficient (Wildman–Crippen LogP) is 0.398. The van der Waals surface area contributed by atoms with E-state index in [-0.39, 0.29) is 13.5 Å². The van der Waals surface area contributed by atoms with Crippen LogP contribution >= 0.6 is 0 Å². The maximum atomic E-state index is 11.2. The van der Waals surface area contributed by atoms with Crippen LogP contribution in [0.15, 0.2) is 9.98 Å². The maximum absolute atomic E-state index is 11.2. The van der Waals surface area contributed by atoms with Gasteiger partial charge in [-0.25, -0.2) is 4.79 Å². The third kappa shape index (κ3) is 4.38. The number of ether oxygens (including phenoxy) is 2. The van der Waals surface area contributed by atoms with Crippen molar-refractivity contribution in [2.75, 3.05) is 13.5 Å². The summed E-state index contributed by atoms with van der Waals surface area (Å²) in [5.41, 5.74) is 1.09. The first-order valence-electron chi connectivity index (χ1n) is 4.47. The molecule has 1 aliphatic rings. The Balaban J connectivity index is 2.27. The molecule has 1 saturated carbocycles. The number of aliphatic imine (C=N–C) groups is 2. The van der Waals surface area contributed by atoms with Crippen molar-refractivity contribution in [1.29, 1.82) is 0 Å². The Morgan fingerprint density at radius 2 is 2.33 bits per heavy atom. The highest BCUT2D eigenvalue weighted by Crippen LogP contribution is 2.13. The average Bonchev–Trinajstić information content (AvgIpc) is 3.05. The highest BCUT2D eigenvalue weighted by molar-refractivity contribution is 5.97. The minimum absolute atomic E-state index is 0.0980. The van der Waals surface area contributed by atoms with Crippen molar-refractivity contribution >= 4 is 18.4 Å². The van der Waals surface area contributed by atoms with E-state index in [1.54, 1.807) is 0 Å². The van der Waals surface area contributed by atoms with E-state index in [1.807, 2.05) is 0 Å². The number of esters is 1. The average molecular weight is 208 g/mol. The molecule has 0 amide bonds. The lowest BCUT2D eigenvalue weighted by atomic mass is 10.4. The zero-order chi connectivity index (χ0) is 11.1. The molecule has 80 valence electrons. The minimum Gasteiger partial charge on any atom is -0.440 e. The molecule has 0 bridgehead atoms. The van der Waals surface area contributed by atoms with Crippen LogP contribution in [-0.2, 0) is 14.3 Å². The second-order valence-electron chi connectivity index (χ2n) is 2.88. The van der Waals surface area contributed by atoms with Crippen molar-refractivity contribution < 1.29 is 14.3 Å². The molecule has 0 aromatic heterocycles. The summed E-state index contributed by atoms with van der Waals surface area (Å²) in [6.45, 7) is 3.15. The number of hydrogen-bond acceptors (Lipinski definition) is 5. The Morgan fingerprint density at radius 3 is 2.87 bits per heavy atom. The van der Waals surface area contributed by atoms with Crippen LogP contribution in [0, 0.1) is 12.3 Å². The molecular weight excluding hydrogens is 196 g/mol. The fourth-order valence-electron chi connectivity index (χ4n) is 0.786. The Bertz CT molecular complexity index is 311. The number of carbonyl (C=O) groups excluding carboxylic acids is 1. The Hall–Kier alpha value is -1.67. The van der Waals surface area contributed by atoms with E-state index in [1.165, 1.54) is 0 Å². The SMILES string of the molecule is C#CC(OCN=C1CC1)C(=O)OCN=C. The molecule has 1 atom stereocenters. The van der Waals surface area contributed by atoms with Gasteiger partial charge in [0.05, 0.1) is 0 Å². The van der Waals surface area contributed by atoms with Gasteiger partial charge in [-0.3, -0.25) is 9.98 Å². The molecule has 0 heterocycles. The number of nitrogens with zero attached hydrogens (tertiary/aromatic N) is 2. The molecule has 0 spiro atoms. The van der Waals surface area contributed by atoms with Gasteiger partial charge in [-0.2, -0.15) is 0 Å². The van der Waals surface area contributed by atoms with E-state index >= 15 is 0 Å². The van der Waals surface area contributed by atoms with Crippen molar-refractivity contribution in [3.8, 4) is 12.3 Å². The van der Waals surface area contributed by atoms with Crippen molar-refractivity contribution in [3.63, 3.8) is 0 Å². The summed E-state index contributed by atoms with van der Waals surface area (Å²) in [5, 5.41) is 0. The number of terminal acetylenes is 1. The summed E-state index contributed by atoms with van der Waals surface area (Å²) < 4.78 is 9.67. The standard InChI is InChI=1S/C10H12N2O3/c1-3-9(10(13)15-6-11-2)14-7-12-8-4-5-8/h1,9H,2,4-7H2. The van der Waals surface area contributed by atoms with Crippen LogP contribution in [0.5, 0.6) is 0 Å². The molecule has 5 heteroatoms. The summed E-state index contributed by atoms with van der Waals surface area (Å²) >= 11 is 0. The molecule has 1 unspecified atom stereocenters. The summed E-state index contributed by atoms with van der Waals surface area (Å²) in [5.74, 6) is 1.54. The number of rotatable bonds is 6. The van der Waals surface area contributed by atoms with Crippen LogP contribution in [0.2, 0.25) is 0 Å². The van der Waals surface area contributed by atoms with E-state index < -0.39 is 12.1 Å². The van der Waals surface area contributed by atoms with Gasteiger partial charge in [0.1, 0.15) is 6.73 Å². The van der Waals surface area contributed by atoms with Gasteiger partial charge in [-0.1, -0.05) is 5.92 Å². The van der Waals surface area contributed by atoms with Crippen molar-refractivity contribution in [2.24, 2.45) is 9.98 Å². The quantitative estimate of drug-likeness (QED) is 0.360. The van der Waals surface area contributed by atoms with Gasteiger partial charge in [-0.15, -0.1) is 6.42 Å². The lowest BCUT2D eigenvalue weighted by Gasteiger charge is -2.08. The van der Waals surface area contributed by atoms with Crippen molar-refractivity contribution in [3.05, 3.63) is 0 Å². The van der Waals surface area contributed by atoms with Crippen LogP contribution in [0.25, 0.3) is 0 Å². The molecule has 0 radical (unpaired) electrons. The molecule has 1 aliphatic carbocycles. The van der Waals surface area contributed by atoms with E-state index in [9.17, 15) is 4.79 Å². The Labute approximate surface area is 88.2 Å². The second-order valence-corrected chi connectivity index (χ2v) is 2.88. The zero-order valence-electron chi connectivity index (χ0n) is 8.31. The van der Waals surface area contributed by atoms with Gasteiger partial charge in [0, 0.05) is 5.71 Å². The highest BCUT2D eigenvalue weighted by Gasteiger charge is 2.18. The van der Waals surface area contributed by atoms with Crippen LogP contribution < -0.4 is 0 Å². The Morgan fingerprint density at radius 1 is 1.60 bits per heavy atom. The first kappa shape index (κ1) is 11.4. The number of carbonyl (C=O) groups is 1. The molecule has 1 fully saturated rings. The van der Waals surface area contributed by atoms with E-state index in [0.29, 0.717) is 0 Å². The van der Waals surface area contributed by atoms with E-state index in [4.69, 9.17) is 11.2 Å². The van der Waals surface area contributed by atoms with Gasteiger partial charge in [0.2, 0.25) is 6.10 Å². The van der Waals surface area contributed by atoms with Crippen molar-refractivity contribution in [1.82, 2.24) is 0 Å². The topological polar surface area (TPSA) is 60.2 Å². The molecule has 15 heavy (non-hydrogen) atoms. The molecular formula is C10H12N2O3. The van der Waals surface area contributed by atoms with Crippen LogP contribution in [0.4, 0.5) is 0 Å². The van der Waals surface area contributed by atoms with Gasteiger partial charge < -0.3 is 9.47 Å². The largest absolute Gasteiger partial charge is 0.440 e. The third-order valence-electron chi connectivity index (χ3n) is 1.67. The smallest absolute Gasteiger partial charge is 0.349 e. The van der Waals surface area contributed by atoms with Gasteiger partial charge in [0.15, 0.2) is 6.73 Å². The second kappa shape index (κ2) is 5.94. The fraction of sp³-hybridized carbons (Fsp3) is 0.500. The van der Waals surface area contributed by atoms with Gasteiger partial charge in [0.25, 0.3) is 0 Å². The van der Waals surface area contributed by atoms with Gasteiger partial charge in [-0.05, 0) is 19.6 Å². The highest BCUT2D eigenvalue weighted by atomic mass is 16.6. The van der Waals surface area contributed by atoms with Crippen molar-refractivity contribution in [2.45, 2.75) is 18.9 Å². The zero-order valence-corrected chi connectivity index (χ0v) is 8.31. The lowest BCUT2D eigenvalue weighted by molar-refractivity contribution is -0.152. The first-order chi connectivity index (χ1) is 7.27. The van der Waals surface area contributed by atoms with E-state index in [2.05, 4.69) is 27.4 Å². The number of hydrogen-bond donors (Lipinski definition) is 0. The lowest BCUT2D eigenvalue weighted by Crippen LogP contribution is -2.25. The predicted molar refractivity (Wildman–Crippen MR) is 55.8 cm³/mol. The normalized spacial score (nSPS) is 15.0. The minimum atomic E-state index is -1.02. The molecule has 0 aliphatic heterocycles. The van der Waals surface area contributed by atoms with Crippen LogP contribution in [0.1, 0.15) is 12.8 Å². The third-order valence-corrected chi connectivity index (χ3v) is 1.67. The monoisotopic (exact) mass is 208 g/mol. The summed E-state index contributed by atoms with van der Waals surface area (Å²) in [7, 11) is 0. The first-order valence-corrected chi connectivity index (χ1v) is 4.47. The fourth-order valence-corrected chi connectivity index (χ4v) is 0.786. The van der Waals surface area contributed by atoms with E-state index in [0.717, 1.165) is 18.6 Å². The summed E-state index contributed by atoms with van der Waals surface area (Å²) in [6, 6.07) is 0. The molecule has 1 rings (SSSR count). The van der Waals surface area contributed by atoms with Crippen LogP contribution in [0.3, 0.4) is 0 Å². The summed E-state index contributed by atoms with van der Waals surface area (Å²) in [4.78, 5) is 18.6. The molecule has 5 nitrogen and oxygen atoms in total. The molecule has 0 aromatic carbocycles. The van der Waals surface area contributed by atoms with Crippen LogP contribution in [-0.4, -0.2) is 38.0 Å².